The maximum absolute atomic E-state index is 5.04. The normalized spacial score (nSPS) is 14.9. The van der Waals surface area contributed by atoms with E-state index in [9.17, 15) is 0 Å². The minimum Gasteiger partial charge on any atom is -0.385 e. The second kappa shape index (κ2) is 6.21. The number of anilines is 1. The molecule has 1 aliphatic carbocycles. The number of hydrogen-bond acceptors (Lipinski definition) is 5. The van der Waals surface area contributed by atoms with E-state index in [0.29, 0.717) is 5.92 Å². The zero-order valence-corrected chi connectivity index (χ0v) is 11.2. The van der Waals surface area contributed by atoms with Gasteiger partial charge in [0.25, 0.3) is 0 Å². The standard InChI is InChI=1S/C12H19N3OS/c1-13-10-8-11(17-7-3-6-16-2)15-12(14-10)9-4-5-9/h8-9H,3-7H2,1-2H3,(H,13,14,15). The van der Waals surface area contributed by atoms with Gasteiger partial charge < -0.3 is 10.1 Å². The Morgan fingerprint density at radius 3 is 2.94 bits per heavy atom. The van der Waals surface area contributed by atoms with Gasteiger partial charge >= 0.3 is 0 Å². The third kappa shape index (κ3) is 3.85. The van der Waals surface area contributed by atoms with Crippen molar-refractivity contribution in [3.8, 4) is 0 Å². The van der Waals surface area contributed by atoms with Gasteiger partial charge in [-0.05, 0) is 19.3 Å². The lowest BCUT2D eigenvalue weighted by Crippen LogP contribution is -2.00. The van der Waals surface area contributed by atoms with E-state index in [0.717, 1.165) is 35.4 Å². The summed E-state index contributed by atoms with van der Waals surface area (Å²) in [5, 5.41) is 4.17. The SMILES string of the molecule is CNc1cc(SCCCOC)nc(C2CC2)n1. The minimum absolute atomic E-state index is 0.599. The van der Waals surface area contributed by atoms with Gasteiger partial charge in [-0.2, -0.15) is 0 Å². The van der Waals surface area contributed by atoms with Crippen molar-refractivity contribution in [1.29, 1.82) is 0 Å². The molecule has 4 nitrogen and oxygen atoms in total. The van der Waals surface area contributed by atoms with Crippen LogP contribution in [0.25, 0.3) is 0 Å². The predicted octanol–water partition coefficient (Wildman–Crippen LogP) is 2.52. The lowest BCUT2D eigenvalue weighted by molar-refractivity contribution is 0.200. The number of methoxy groups -OCH3 is 1. The molecule has 1 fully saturated rings. The summed E-state index contributed by atoms with van der Waals surface area (Å²) >= 11 is 1.78. The highest BCUT2D eigenvalue weighted by Crippen LogP contribution is 2.39. The van der Waals surface area contributed by atoms with Crippen LogP contribution in [0.15, 0.2) is 11.1 Å². The topological polar surface area (TPSA) is 47.0 Å². The number of thioether (sulfide) groups is 1. The van der Waals surface area contributed by atoms with Crippen LogP contribution in [-0.4, -0.2) is 36.5 Å². The van der Waals surface area contributed by atoms with E-state index in [2.05, 4.69) is 15.3 Å². The lowest BCUT2D eigenvalue weighted by Gasteiger charge is -2.06. The number of nitrogens with zero attached hydrogens (tertiary/aromatic N) is 2. The van der Waals surface area contributed by atoms with Crippen molar-refractivity contribution in [2.75, 3.05) is 31.8 Å². The highest BCUT2D eigenvalue weighted by atomic mass is 32.2. The van der Waals surface area contributed by atoms with Crippen LogP contribution in [0.3, 0.4) is 0 Å². The van der Waals surface area contributed by atoms with Gasteiger partial charge in [0.15, 0.2) is 0 Å². The number of ether oxygens (including phenoxy) is 1. The van der Waals surface area contributed by atoms with Crippen molar-refractivity contribution in [2.24, 2.45) is 0 Å². The highest BCUT2D eigenvalue weighted by molar-refractivity contribution is 7.99. The van der Waals surface area contributed by atoms with Gasteiger partial charge in [-0.1, -0.05) is 0 Å². The highest BCUT2D eigenvalue weighted by Gasteiger charge is 2.27. The van der Waals surface area contributed by atoms with Crippen LogP contribution in [-0.2, 0) is 4.74 Å². The monoisotopic (exact) mass is 253 g/mol. The third-order valence-corrected chi connectivity index (χ3v) is 3.66. The van der Waals surface area contributed by atoms with Gasteiger partial charge in [0.05, 0.1) is 0 Å². The van der Waals surface area contributed by atoms with Crippen LogP contribution < -0.4 is 5.32 Å². The Morgan fingerprint density at radius 2 is 2.29 bits per heavy atom. The van der Waals surface area contributed by atoms with Crippen molar-refractivity contribution < 1.29 is 4.74 Å². The molecule has 5 heteroatoms. The number of rotatable bonds is 7. The van der Waals surface area contributed by atoms with Crippen LogP contribution in [0.5, 0.6) is 0 Å². The van der Waals surface area contributed by atoms with Crippen LogP contribution >= 0.6 is 11.8 Å². The summed E-state index contributed by atoms with van der Waals surface area (Å²) in [6, 6.07) is 2.02. The number of hydrogen-bond donors (Lipinski definition) is 1. The average molecular weight is 253 g/mol. The molecule has 0 amide bonds. The summed E-state index contributed by atoms with van der Waals surface area (Å²) < 4.78 is 5.04. The zero-order chi connectivity index (χ0) is 12.1. The smallest absolute Gasteiger partial charge is 0.135 e. The van der Waals surface area contributed by atoms with E-state index in [1.807, 2.05) is 13.1 Å². The van der Waals surface area contributed by atoms with E-state index in [1.54, 1.807) is 18.9 Å². The van der Waals surface area contributed by atoms with Crippen molar-refractivity contribution in [3.05, 3.63) is 11.9 Å². The van der Waals surface area contributed by atoms with Crippen molar-refractivity contribution in [1.82, 2.24) is 9.97 Å². The molecular weight excluding hydrogens is 234 g/mol. The average Bonchev–Trinajstić information content (AvgIpc) is 3.18. The molecule has 0 unspecified atom stereocenters. The molecule has 0 aromatic carbocycles. The summed E-state index contributed by atoms with van der Waals surface area (Å²) in [7, 11) is 3.64. The van der Waals surface area contributed by atoms with Gasteiger partial charge in [-0.25, -0.2) is 9.97 Å². The summed E-state index contributed by atoms with van der Waals surface area (Å²) in [5.41, 5.74) is 0. The van der Waals surface area contributed by atoms with Gasteiger partial charge in [0.1, 0.15) is 16.7 Å². The summed E-state index contributed by atoms with van der Waals surface area (Å²) in [5.74, 6) is 3.57. The van der Waals surface area contributed by atoms with Crippen molar-refractivity contribution in [3.63, 3.8) is 0 Å². The first-order valence-electron chi connectivity index (χ1n) is 6.02. The van der Waals surface area contributed by atoms with Crippen LogP contribution in [0.4, 0.5) is 5.82 Å². The maximum atomic E-state index is 5.04. The fourth-order valence-electron chi connectivity index (χ4n) is 1.55. The molecule has 1 N–H and O–H groups in total. The number of aromatic nitrogens is 2. The molecule has 2 rings (SSSR count). The van der Waals surface area contributed by atoms with E-state index < -0.39 is 0 Å². The zero-order valence-electron chi connectivity index (χ0n) is 10.4. The second-order valence-corrected chi connectivity index (χ2v) is 5.28. The Labute approximate surface area is 107 Å². The summed E-state index contributed by atoms with van der Waals surface area (Å²) in [4.78, 5) is 9.11. The lowest BCUT2D eigenvalue weighted by atomic mass is 10.4. The Bertz CT molecular complexity index is 369. The maximum Gasteiger partial charge on any atom is 0.135 e. The fourth-order valence-corrected chi connectivity index (χ4v) is 2.37. The minimum atomic E-state index is 0.599. The van der Waals surface area contributed by atoms with E-state index in [4.69, 9.17) is 4.74 Å². The molecule has 1 aromatic heterocycles. The molecule has 94 valence electrons. The van der Waals surface area contributed by atoms with Crippen LogP contribution in [0.1, 0.15) is 31.0 Å². The van der Waals surface area contributed by atoms with Gasteiger partial charge in [-0.3, -0.25) is 0 Å². The molecule has 1 aliphatic rings. The third-order valence-electron chi connectivity index (χ3n) is 2.66. The molecule has 0 atom stereocenters. The molecule has 17 heavy (non-hydrogen) atoms. The quantitative estimate of drug-likeness (QED) is 0.459. The summed E-state index contributed by atoms with van der Waals surface area (Å²) in [6.45, 7) is 0.812. The van der Waals surface area contributed by atoms with E-state index >= 15 is 0 Å². The molecule has 1 saturated carbocycles. The Hall–Kier alpha value is -0.810. The van der Waals surface area contributed by atoms with Crippen LogP contribution in [0, 0.1) is 0 Å². The van der Waals surface area contributed by atoms with E-state index in [1.165, 1.54) is 12.8 Å². The largest absolute Gasteiger partial charge is 0.385 e. The Kier molecular flexibility index (Phi) is 4.62. The molecule has 0 saturated heterocycles. The first kappa shape index (κ1) is 12.6. The Morgan fingerprint density at radius 1 is 1.47 bits per heavy atom. The Balaban J connectivity index is 1.97. The molecule has 0 radical (unpaired) electrons. The molecular formula is C12H19N3OS. The summed E-state index contributed by atoms with van der Waals surface area (Å²) in [6.07, 6.45) is 3.53. The second-order valence-electron chi connectivity index (χ2n) is 4.17. The van der Waals surface area contributed by atoms with E-state index in [-0.39, 0.29) is 0 Å². The predicted molar refractivity (Wildman–Crippen MR) is 70.8 cm³/mol. The fraction of sp³-hybridized carbons (Fsp3) is 0.667. The van der Waals surface area contributed by atoms with Gasteiger partial charge in [0, 0.05) is 38.5 Å². The molecule has 0 aliphatic heterocycles. The number of nitrogens with one attached hydrogen (secondary N) is 1. The first-order chi connectivity index (χ1) is 8.33. The molecule has 0 spiro atoms. The van der Waals surface area contributed by atoms with Gasteiger partial charge in [-0.15, -0.1) is 11.8 Å². The van der Waals surface area contributed by atoms with Crippen molar-refractivity contribution >= 4 is 17.6 Å². The van der Waals surface area contributed by atoms with Crippen LogP contribution in [0.2, 0.25) is 0 Å². The van der Waals surface area contributed by atoms with Gasteiger partial charge in [0.2, 0.25) is 0 Å². The molecule has 1 aromatic rings. The molecule has 1 heterocycles. The van der Waals surface area contributed by atoms with Crippen molar-refractivity contribution in [2.45, 2.75) is 30.2 Å². The first-order valence-corrected chi connectivity index (χ1v) is 7.00. The molecule has 0 bridgehead atoms.